The lowest BCUT2D eigenvalue weighted by Gasteiger charge is -2.19. The minimum atomic E-state index is 0.0921. The van der Waals surface area contributed by atoms with Crippen LogP contribution in [0.5, 0.6) is 0 Å². The van der Waals surface area contributed by atoms with E-state index in [0.29, 0.717) is 10.4 Å². The molecule has 0 atom stereocenters. The Morgan fingerprint density at radius 1 is 1.14 bits per heavy atom. The lowest BCUT2D eigenvalue weighted by Crippen LogP contribution is -2.10. The van der Waals surface area contributed by atoms with E-state index in [1.54, 1.807) is 18.3 Å². The van der Waals surface area contributed by atoms with Gasteiger partial charge in [-0.25, -0.2) is 0 Å². The van der Waals surface area contributed by atoms with Gasteiger partial charge in [-0.2, -0.15) is 4.74 Å². The molecule has 3 heteroatoms. The molecule has 2 aromatic carbocycles. The van der Waals surface area contributed by atoms with E-state index in [4.69, 9.17) is 0 Å². The van der Waals surface area contributed by atoms with Crippen LogP contribution >= 0.6 is 0 Å². The molecule has 0 heterocycles. The van der Waals surface area contributed by atoms with Gasteiger partial charge in [-0.05, 0) is 35.1 Å². The summed E-state index contributed by atoms with van der Waals surface area (Å²) in [5.74, 6) is 0. The maximum Gasteiger partial charge on any atom is 0.216 e. The Morgan fingerprint density at radius 2 is 1.86 bits per heavy atom. The molecule has 0 N–H and O–H groups in total. The van der Waals surface area contributed by atoms with E-state index in [-0.39, 0.29) is 5.41 Å². The van der Waals surface area contributed by atoms with Gasteiger partial charge in [0.1, 0.15) is 6.72 Å². The minimum absolute atomic E-state index is 0.0921. The third-order valence-corrected chi connectivity index (χ3v) is 3.59. The highest BCUT2D eigenvalue weighted by molar-refractivity contribution is 5.83. The molecule has 3 nitrogen and oxygen atoms in total. The summed E-state index contributed by atoms with van der Waals surface area (Å²) in [6, 6.07) is 13.6. The van der Waals surface area contributed by atoms with Crippen LogP contribution in [0.25, 0.3) is 0 Å². The summed E-state index contributed by atoms with van der Waals surface area (Å²) in [6.45, 7) is 12.0. The molecule has 0 spiro atoms. The first-order valence-corrected chi connectivity index (χ1v) is 7.30. The van der Waals surface area contributed by atoms with Gasteiger partial charge < -0.3 is 5.21 Å². The number of nitrogens with zero attached hydrogens (tertiary/aromatic N) is 2. The standard InChI is InChI=1S/C19H22N2O/c1-14-9-10-16(19(2,3)4)12-18(14)20-13-15-7-6-8-17(11-15)21(5)22/h6-13H,5H2,1-4H3. The van der Waals surface area contributed by atoms with Gasteiger partial charge >= 0.3 is 0 Å². The molecule has 0 fully saturated rings. The highest BCUT2D eigenvalue weighted by atomic mass is 16.5. The van der Waals surface area contributed by atoms with Crippen molar-refractivity contribution in [2.45, 2.75) is 33.1 Å². The molecule has 0 unspecified atom stereocenters. The first kappa shape index (κ1) is 16.0. The normalized spacial score (nSPS) is 11.8. The number of benzene rings is 2. The average Bonchev–Trinajstić information content (AvgIpc) is 2.45. The monoisotopic (exact) mass is 294 g/mol. The lowest BCUT2D eigenvalue weighted by molar-refractivity contribution is -0.349. The van der Waals surface area contributed by atoms with Gasteiger partial charge in [-0.3, -0.25) is 4.99 Å². The molecule has 0 aliphatic rings. The van der Waals surface area contributed by atoms with Crippen LogP contribution < -0.4 is 0 Å². The summed E-state index contributed by atoms with van der Waals surface area (Å²) in [6.07, 6.45) is 1.78. The molecule has 0 aromatic heterocycles. The van der Waals surface area contributed by atoms with Crippen molar-refractivity contribution in [1.82, 2.24) is 0 Å². The van der Waals surface area contributed by atoms with E-state index >= 15 is 0 Å². The predicted octanol–water partition coefficient (Wildman–Crippen LogP) is 4.89. The van der Waals surface area contributed by atoms with Gasteiger partial charge in [0.2, 0.25) is 5.69 Å². The Balaban J connectivity index is 2.34. The molecule has 0 aliphatic heterocycles. The number of hydrogen-bond donors (Lipinski definition) is 0. The molecule has 22 heavy (non-hydrogen) atoms. The van der Waals surface area contributed by atoms with Crippen LogP contribution in [0.4, 0.5) is 11.4 Å². The maximum atomic E-state index is 11.2. The van der Waals surface area contributed by atoms with Crippen molar-refractivity contribution in [2.75, 3.05) is 0 Å². The van der Waals surface area contributed by atoms with Crippen molar-refractivity contribution in [1.29, 1.82) is 0 Å². The fraction of sp³-hybridized carbons (Fsp3) is 0.263. The largest absolute Gasteiger partial charge is 0.619 e. The minimum Gasteiger partial charge on any atom is -0.619 e. The second-order valence-corrected chi connectivity index (χ2v) is 6.48. The first-order chi connectivity index (χ1) is 10.3. The molecule has 0 bridgehead atoms. The van der Waals surface area contributed by atoms with Crippen molar-refractivity contribution >= 4 is 24.3 Å². The summed E-state index contributed by atoms with van der Waals surface area (Å²) in [4.78, 5) is 4.58. The van der Waals surface area contributed by atoms with Crippen LogP contribution in [-0.2, 0) is 5.41 Å². The Labute approximate surface area is 132 Å². The predicted molar refractivity (Wildman–Crippen MR) is 94.0 cm³/mol. The quantitative estimate of drug-likeness (QED) is 0.344. The zero-order chi connectivity index (χ0) is 16.3. The van der Waals surface area contributed by atoms with Gasteiger partial charge in [0.25, 0.3) is 0 Å². The second kappa shape index (κ2) is 6.14. The molecule has 0 saturated heterocycles. The zero-order valence-corrected chi connectivity index (χ0v) is 13.6. The molecule has 0 amide bonds. The average molecular weight is 294 g/mol. The van der Waals surface area contributed by atoms with Crippen molar-refractivity contribution in [3.8, 4) is 0 Å². The molecule has 2 rings (SSSR count). The van der Waals surface area contributed by atoms with Gasteiger partial charge in [0.05, 0.1) is 5.69 Å². The van der Waals surface area contributed by atoms with Crippen LogP contribution in [0.3, 0.4) is 0 Å². The zero-order valence-electron chi connectivity index (χ0n) is 13.6. The van der Waals surface area contributed by atoms with E-state index in [9.17, 15) is 5.21 Å². The first-order valence-electron chi connectivity index (χ1n) is 7.30. The highest BCUT2D eigenvalue weighted by Crippen LogP contribution is 2.28. The topological polar surface area (TPSA) is 38.4 Å². The van der Waals surface area contributed by atoms with Gasteiger partial charge in [-0.1, -0.05) is 45.0 Å². The smallest absolute Gasteiger partial charge is 0.216 e. The van der Waals surface area contributed by atoms with Crippen LogP contribution in [0.1, 0.15) is 37.5 Å². The van der Waals surface area contributed by atoms with E-state index in [1.165, 1.54) is 5.56 Å². The van der Waals surface area contributed by atoms with E-state index in [0.717, 1.165) is 16.8 Å². The van der Waals surface area contributed by atoms with Crippen LogP contribution in [0.15, 0.2) is 47.5 Å². The van der Waals surface area contributed by atoms with Crippen molar-refractivity contribution in [3.63, 3.8) is 0 Å². The van der Waals surface area contributed by atoms with E-state index < -0.39 is 0 Å². The lowest BCUT2D eigenvalue weighted by atomic mass is 9.86. The second-order valence-electron chi connectivity index (χ2n) is 6.48. The molecule has 0 saturated carbocycles. The van der Waals surface area contributed by atoms with Gasteiger partial charge in [-0.15, -0.1) is 0 Å². The van der Waals surface area contributed by atoms with Crippen LogP contribution in [0.2, 0.25) is 0 Å². The molecular formula is C19H22N2O. The molecule has 114 valence electrons. The van der Waals surface area contributed by atoms with Crippen molar-refractivity contribution in [2.24, 2.45) is 4.99 Å². The summed E-state index contributed by atoms with van der Waals surface area (Å²) in [5.41, 5.74) is 4.82. The number of aryl methyl sites for hydroxylation is 1. The van der Waals surface area contributed by atoms with E-state index in [2.05, 4.69) is 50.7 Å². The number of rotatable bonds is 3. The highest BCUT2D eigenvalue weighted by Gasteiger charge is 2.14. The summed E-state index contributed by atoms with van der Waals surface area (Å²) >= 11 is 0. The van der Waals surface area contributed by atoms with Crippen molar-refractivity contribution in [3.05, 3.63) is 64.4 Å². The Kier molecular flexibility index (Phi) is 4.45. The summed E-state index contributed by atoms with van der Waals surface area (Å²) in [5, 5.41) is 11.2. The molecular weight excluding hydrogens is 272 g/mol. The summed E-state index contributed by atoms with van der Waals surface area (Å²) < 4.78 is 0.600. The van der Waals surface area contributed by atoms with Crippen molar-refractivity contribution < 1.29 is 4.74 Å². The third kappa shape index (κ3) is 3.82. The van der Waals surface area contributed by atoms with Crippen LogP contribution in [0, 0.1) is 12.1 Å². The third-order valence-electron chi connectivity index (χ3n) is 3.59. The number of aliphatic imine (C=N–C) groups is 1. The van der Waals surface area contributed by atoms with Gasteiger partial charge in [0, 0.05) is 18.3 Å². The fourth-order valence-electron chi connectivity index (χ4n) is 2.12. The van der Waals surface area contributed by atoms with E-state index in [1.807, 2.05) is 19.1 Å². The Hall–Kier alpha value is -2.42. The maximum absolute atomic E-state index is 11.2. The Bertz CT molecular complexity index is 724. The molecule has 0 radical (unpaired) electrons. The number of hydrogen-bond acceptors (Lipinski definition) is 2. The Morgan fingerprint density at radius 3 is 2.50 bits per heavy atom. The van der Waals surface area contributed by atoms with Crippen LogP contribution in [-0.4, -0.2) is 17.7 Å². The fourth-order valence-corrected chi connectivity index (χ4v) is 2.12. The SMILES string of the molecule is C=[N+]([O-])c1cccc(C=Nc2cc(C(C)(C)C)ccc2C)c1. The molecule has 2 aromatic rings. The molecule has 0 aliphatic carbocycles. The van der Waals surface area contributed by atoms with Gasteiger partial charge in [0.15, 0.2) is 0 Å². The summed E-state index contributed by atoms with van der Waals surface area (Å²) in [7, 11) is 0.